The standard InChI is InChI=1S/C14H13N5O2/c1-8-5-4-6-9(7-8)15-13-16-10-11(17-13)18(2)14(21)19(3)12(10)20/h4-7H,1-3H3/p+1. The fraction of sp³-hybridized carbons (Fsp3) is 0.214. The maximum absolute atomic E-state index is 12.0. The third-order valence-electron chi connectivity index (χ3n) is 3.33. The van der Waals surface area contributed by atoms with Crippen LogP contribution in [-0.4, -0.2) is 15.1 Å². The van der Waals surface area contributed by atoms with E-state index in [9.17, 15) is 9.59 Å². The molecule has 0 radical (unpaired) electrons. The summed E-state index contributed by atoms with van der Waals surface area (Å²) < 4.78 is 2.37. The van der Waals surface area contributed by atoms with Crippen molar-refractivity contribution in [3.8, 4) is 0 Å². The molecular formula is C14H14N5O2+. The lowest BCUT2D eigenvalue weighted by molar-refractivity contribution is -0.371. The van der Waals surface area contributed by atoms with Crippen molar-refractivity contribution >= 4 is 11.6 Å². The molecule has 2 heterocycles. The predicted molar refractivity (Wildman–Crippen MR) is 76.0 cm³/mol. The molecule has 0 saturated heterocycles. The summed E-state index contributed by atoms with van der Waals surface area (Å²) in [6, 6.07) is 7.62. The van der Waals surface area contributed by atoms with E-state index in [0.717, 1.165) is 15.8 Å². The SMILES string of the molecule is Cc1cccc(N=C2N=c3c(=O)n(C)c(=O)n(C)c3=[NH+]2)c1. The van der Waals surface area contributed by atoms with E-state index in [1.54, 1.807) is 7.05 Å². The Morgan fingerprint density at radius 3 is 2.67 bits per heavy atom. The first-order valence-electron chi connectivity index (χ1n) is 6.41. The van der Waals surface area contributed by atoms with Crippen LogP contribution in [0.1, 0.15) is 5.56 Å². The highest BCUT2D eigenvalue weighted by Crippen LogP contribution is 2.12. The number of aromatic nitrogens is 2. The summed E-state index contributed by atoms with van der Waals surface area (Å²) >= 11 is 0. The summed E-state index contributed by atoms with van der Waals surface area (Å²) in [5, 5.41) is 0.200. The maximum Gasteiger partial charge on any atom is 0.383 e. The number of hydrogen-bond donors (Lipinski definition) is 1. The van der Waals surface area contributed by atoms with Crippen LogP contribution in [0.3, 0.4) is 0 Å². The van der Waals surface area contributed by atoms with E-state index in [0.29, 0.717) is 11.4 Å². The van der Waals surface area contributed by atoms with Gasteiger partial charge in [-0.2, -0.15) is 0 Å². The molecule has 0 atom stereocenters. The number of guanidine groups is 1. The van der Waals surface area contributed by atoms with Gasteiger partial charge in [-0.05, 0) is 24.6 Å². The molecule has 1 aliphatic rings. The van der Waals surface area contributed by atoms with E-state index >= 15 is 0 Å². The first-order chi connectivity index (χ1) is 9.97. The summed E-state index contributed by atoms with van der Waals surface area (Å²) in [6.07, 6.45) is 0. The van der Waals surface area contributed by atoms with Gasteiger partial charge in [0.1, 0.15) is 5.69 Å². The van der Waals surface area contributed by atoms with Gasteiger partial charge in [-0.15, -0.1) is 4.99 Å². The second-order valence-electron chi connectivity index (χ2n) is 4.91. The number of aryl methyl sites for hydroxylation is 1. The Hall–Kier alpha value is -2.83. The fourth-order valence-corrected chi connectivity index (χ4v) is 2.18. The van der Waals surface area contributed by atoms with E-state index in [1.165, 1.54) is 11.6 Å². The normalized spacial score (nSPS) is 14.7. The first kappa shape index (κ1) is 13.2. The molecule has 21 heavy (non-hydrogen) atoms. The van der Waals surface area contributed by atoms with Gasteiger partial charge < -0.3 is 0 Å². The van der Waals surface area contributed by atoms with Crippen LogP contribution >= 0.6 is 0 Å². The van der Waals surface area contributed by atoms with Crippen molar-refractivity contribution in [2.45, 2.75) is 6.92 Å². The number of nitrogens with zero attached hydrogens (tertiary/aromatic N) is 4. The Labute approximate surface area is 119 Å². The van der Waals surface area contributed by atoms with Gasteiger partial charge in [-0.25, -0.2) is 14.4 Å². The van der Waals surface area contributed by atoms with Gasteiger partial charge in [0.25, 0.3) is 10.9 Å². The number of benzene rings is 1. The molecule has 0 bridgehead atoms. The van der Waals surface area contributed by atoms with Crippen molar-refractivity contribution in [2.24, 2.45) is 24.1 Å². The van der Waals surface area contributed by atoms with Crippen molar-refractivity contribution in [3.63, 3.8) is 0 Å². The largest absolute Gasteiger partial charge is 0.383 e. The minimum atomic E-state index is -0.435. The van der Waals surface area contributed by atoms with Gasteiger partial charge >= 0.3 is 11.6 Å². The van der Waals surface area contributed by atoms with Gasteiger partial charge in [-0.1, -0.05) is 17.1 Å². The zero-order valence-electron chi connectivity index (χ0n) is 11.9. The summed E-state index contributed by atoms with van der Waals surface area (Å²) in [6.45, 7) is 1.97. The van der Waals surface area contributed by atoms with Crippen molar-refractivity contribution < 1.29 is 4.99 Å². The fourth-order valence-electron chi connectivity index (χ4n) is 2.18. The molecule has 0 aliphatic carbocycles. The average molecular weight is 284 g/mol. The van der Waals surface area contributed by atoms with Crippen molar-refractivity contribution in [1.29, 1.82) is 0 Å². The highest BCUT2D eigenvalue weighted by atomic mass is 16.2. The van der Waals surface area contributed by atoms with Crippen LogP contribution in [0.25, 0.3) is 0 Å². The van der Waals surface area contributed by atoms with Gasteiger partial charge in [0.05, 0.1) is 7.05 Å². The van der Waals surface area contributed by atoms with Crippen LogP contribution in [0.2, 0.25) is 0 Å². The zero-order valence-corrected chi connectivity index (χ0v) is 11.9. The summed E-state index contributed by atoms with van der Waals surface area (Å²) in [5.41, 5.74) is 1.34. The number of fused-ring (bicyclic) bond motifs is 1. The lowest BCUT2D eigenvalue weighted by atomic mass is 10.2. The van der Waals surface area contributed by atoms with E-state index in [2.05, 4.69) is 15.0 Å². The summed E-state index contributed by atoms with van der Waals surface area (Å²) in [5.74, 6) is 0.300. The molecule has 1 aliphatic heterocycles. The van der Waals surface area contributed by atoms with Crippen LogP contribution in [0.4, 0.5) is 5.69 Å². The minimum absolute atomic E-state index is 0.200. The Bertz CT molecular complexity index is 1010. The molecule has 0 amide bonds. The molecule has 7 nitrogen and oxygen atoms in total. The summed E-state index contributed by atoms with van der Waals surface area (Å²) in [4.78, 5) is 35.4. The zero-order chi connectivity index (χ0) is 15.1. The molecule has 0 spiro atoms. The Kier molecular flexibility index (Phi) is 2.90. The predicted octanol–water partition coefficient (Wildman–Crippen LogP) is -2.59. The number of nitrogens with one attached hydrogen (secondary N) is 1. The molecule has 7 heteroatoms. The van der Waals surface area contributed by atoms with Crippen LogP contribution in [0.5, 0.6) is 0 Å². The molecule has 0 unspecified atom stereocenters. The van der Waals surface area contributed by atoms with Crippen LogP contribution < -0.4 is 27.1 Å². The highest BCUT2D eigenvalue weighted by Gasteiger charge is 2.19. The van der Waals surface area contributed by atoms with Gasteiger partial charge in [0.15, 0.2) is 0 Å². The average Bonchev–Trinajstić information content (AvgIpc) is 2.87. The number of aliphatic imine (C=N–C) groups is 1. The molecule has 0 fully saturated rings. The molecule has 0 saturated carbocycles. The lowest BCUT2D eigenvalue weighted by Crippen LogP contribution is -2.83. The van der Waals surface area contributed by atoms with Gasteiger partial charge in [0.2, 0.25) is 5.49 Å². The van der Waals surface area contributed by atoms with Crippen molar-refractivity contribution in [1.82, 2.24) is 9.13 Å². The monoisotopic (exact) mass is 284 g/mol. The second-order valence-corrected chi connectivity index (χ2v) is 4.91. The lowest BCUT2D eigenvalue weighted by Gasteiger charge is -1.94. The van der Waals surface area contributed by atoms with Crippen LogP contribution in [0, 0.1) is 6.92 Å². The second kappa shape index (κ2) is 4.62. The molecular weight excluding hydrogens is 270 g/mol. The number of rotatable bonds is 1. The topological polar surface area (TPSA) is 82.7 Å². The third kappa shape index (κ3) is 2.12. The van der Waals surface area contributed by atoms with E-state index < -0.39 is 11.2 Å². The van der Waals surface area contributed by atoms with E-state index in [-0.39, 0.29) is 5.36 Å². The number of hydrogen-bond acceptors (Lipinski definition) is 3. The van der Waals surface area contributed by atoms with Gasteiger partial charge in [0, 0.05) is 7.05 Å². The quantitative estimate of drug-likeness (QED) is 0.623. The maximum atomic E-state index is 12.0. The Balaban J connectivity index is 2.25. The molecule has 1 N–H and O–H groups in total. The molecule has 1 aromatic heterocycles. The van der Waals surface area contributed by atoms with Crippen LogP contribution in [-0.2, 0) is 14.1 Å². The summed E-state index contributed by atoms with van der Waals surface area (Å²) in [7, 11) is 3.01. The minimum Gasteiger partial charge on any atom is -0.265 e. The van der Waals surface area contributed by atoms with Crippen LogP contribution in [0.15, 0.2) is 43.8 Å². The van der Waals surface area contributed by atoms with Crippen molar-refractivity contribution in [3.05, 3.63) is 61.5 Å². The smallest absolute Gasteiger partial charge is 0.265 e. The Morgan fingerprint density at radius 2 is 1.95 bits per heavy atom. The van der Waals surface area contributed by atoms with E-state index in [4.69, 9.17) is 0 Å². The third-order valence-corrected chi connectivity index (χ3v) is 3.33. The van der Waals surface area contributed by atoms with Crippen molar-refractivity contribution in [2.75, 3.05) is 0 Å². The molecule has 1 aromatic carbocycles. The highest BCUT2D eigenvalue weighted by molar-refractivity contribution is 5.75. The molecule has 2 aromatic rings. The Morgan fingerprint density at radius 1 is 1.19 bits per heavy atom. The van der Waals surface area contributed by atoms with E-state index in [1.807, 2.05) is 31.2 Å². The molecule has 106 valence electrons. The first-order valence-corrected chi connectivity index (χ1v) is 6.41. The molecule has 3 rings (SSSR count). The van der Waals surface area contributed by atoms with Gasteiger partial charge in [-0.3, -0.25) is 9.36 Å².